The quantitative estimate of drug-likeness (QED) is 0.828. The predicted octanol–water partition coefficient (Wildman–Crippen LogP) is 2.23. The van der Waals surface area contributed by atoms with Crippen molar-refractivity contribution in [3.05, 3.63) is 17.7 Å². The monoisotopic (exact) mass is 281 g/mol. The van der Waals surface area contributed by atoms with Gasteiger partial charge in [-0.3, -0.25) is 0 Å². The fourth-order valence-corrected chi connectivity index (χ4v) is 2.23. The van der Waals surface area contributed by atoms with Crippen molar-refractivity contribution >= 4 is 6.09 Å². The summed E-state index contributed by atoms with van der Waals surface area (Å²) in [5, 5.41) is 0. The molecule has 1 amide bonds. The molecule has 1 aliphatic rings. The standard InChI is InChI=1S/C14H19NO5/c1-5-15-8-12(20-14(15)16)9-6-10(17-2)13(19-4)11(7-9)18-3/h6-7,12H,5,8H2,1-4H3. The summed E-state index contributed by atoms with van der Waals surface area (Å²) >= 11 is 0. The summed E-state index contributed by atoms with van der Waals surface area (Å²) in [6, 6.07) is 3.61. The Balaban J connectivity index is 2.36. The summed E-state index contributed by atoms with van der Waals surface area (Å²) in [7, 11) is 4.66. The van der Waals surface area contributed by atoms with E-state index in [1.807, 2.05) is 6.92 Å². The second kappa shape index (κ2) is 5.90. The fourth-order valence-electron chi connectivity index (χ4n) is 2.23. The van der Waals surface area contributed by atoms with Crippen LogP contribution in [0.15, 0.2) is 12.1 Å². The molecule has 0 radical (unpaired) electrons. The van der Waals surface area contributed by atoms with Gasteiger partial charge in [-0.1, -0.05) is 0 Å². The predicted molar refractivity (Wildman–Crippen MR) is 72.6 cm³/mol. The third-order valence-electron chi connectivity index (χ3n) is 3.33. The van der Waals surface area contributed by atoms with E-state index in [0.29, 0.717) is 30.3 Å². The van der Waals surface area contributed by atoms with Gasteiger partial charge in [-0.2, -0.15) is 0 Å². The number of cyclic esters (lactones) is 1. The third kappa shape index (κ3) is 2.45. The molecule has 110 valence electrons. The van der Waals surface area contributed by atoms with Gasteiger partial charge in [0.15, 0.2) is 11.5 Å². The summed E-state index contributed by atoms with van der Waals surface area (Å²) in [4.78, 5) is 13.3. The van der Waals surface area contributed by atoms with Crippen LogP contribution in [-0.4, -0.2) is 45.4 Å². The molecule has 20 heavy (non-hydrogen) atoms. The van der Waals surface area contributed by atoms with Gasteiger partial charge in [-0.05, 0) is 19.1 Å². The highest BCUT2D eigenvalue weighted by Gasteiger charge is 2.32. The molecule has 1 aliphatic heterocycles. The number of carbonyl (C=O) groups excluding carboxylic acids is 1. The SMILES string of the molecule is CCN1CC(c2cc(OC)c(OC)c(OC)c2)OC1=O. The molecule has 0 N–H and O–H groups in total. The molecule has 0 bridgehead atoms. The first-order valence-electron chi connectivity index (χ1n) is 6.40. The maximum Gasteiger partial charge on any atom is 0.410 e. The van der Waals surface area contributed by atoms with Crippen LogP contribution in [0.5, 0.6) is 17.2 Å². The molecule has 1 heterocycles. The molecule has 1 aromatic rings. The molecule has 1 saturated heterocycles. The molecule has 6 nitrogen and oxygen atoms in total. The molecule has 0 aliphatic carbocycles. The lowest BCUT2D eigenvalue weighted by atomic mass is 10.1. The zero-order valence-corrected chi connectivity index (χ0v) is 12.1. The number of carbonyl (C=O) groups is 1. The molecular formula is C14H19NO5. The Bertz CT molecular complexity index is 477. The van der Waals surface area contributed by atoms with Crippen LogP contribution >= 0.6 is 0 Å². The number of methoxy groups -OCH3 is 3. The molecule has 1 aromatic carbocycles. The van der Waals surface area contributed by atoms with Crippen LogP contribution in [0.2, 0.25) is 0 Å². The minimum Gasteiger partial charge on any atom is -0.493 e. The first kappa shape index (κ1) is 14.3. The van der Waals surface area contributed by atoms with Crippen LogP contribution < -0.4 is 14.2 Å². The van der Waals surface area contributed by atoms with E-state index in [9.17, 15) is 4.79 Å². The smallest absolute Gasteiger partial charge is 0.410 e. The van der Waals surface area contributed by atoms with Crippen molar-refractivity contribution in [2.75, 3.05) is 34.4 Å². The number of amides is 1. The number of ether oxygens (including phenoxy) is 4. The largest absolute Gasteiger partial charge is 0.493 e. The van der Waals surface area contributed by atoms with E-state index in [4.69, 9.17) is 18.9 Å². The second-order valence-corrected chi connectivity index (χ2v) is 4.37. The highest BCUT2D eigenvalue weighted by Crippen LogP contribution is 2.41. The Hall–Kier alpha value is -2.11. The molecule has 0 aromatic heterocycles. The van der Waals surface area contributed by atoms with Gasteiger partial charge in [0.05, 0.1) is 27.9 Å². The van der Waals surface area contributed by atoms with Gasteiger partial charge in [0, 0.05) is 12.1 Å². The number of likely N-dealkylation sites (N-methyl/N-ethyl adjacent to an activating group) is 1. The van der Waals surface area contributed by atoms with Gasteiger partial charge >= 0.3 is 6.09 Å². The average molecular weight is 281 g/mol. The van der Waals surface area contributed by atoms with Crippen molar-refractivity contribution in [2.24, 2.45) is 0 Å². The Labute approximate surface area is 118 Å². The number of benzene rings is 1. The number of hydrogen-bond donors (Lipinski definition) is 0. The van der Waals surface area contributed by atoms with E-state index in [-0.39, 0.29) is 12.2 Å². The molecule has 1 unspecified atom stereocenters. The van der Waals surface area contributed by atoms with Crippen LogP contribution in [0, 0.1) is 0 Å². The zero-order chi connectivity index (χ0) is 14.7. The summed E-state index contributed by atoms with van der Waals surface area (Å²) in [5.41, 5.74) is 0.823. The van der Waals surface area contributed by atoms with Gasteiger partial charge in [-0.15, -0.1) is 0 Å². The van der Waals surface area contributed by atoms with Crippen LogP contribution in [0.4, 0.5) is 4.79 Å². The first-order valence-corrected chi connectivity index (χ1v) is 6.40. The summed E-state index contributed by atoms with van der Waals surface area (Å²) in [5.74, 6) is 1.62. The van der Waals surface area contributed by atoms with Crippen molar-refractivity contribution < 1.29 is 23.7 Å². The summed E-state index contributed by atoms with van der Waals surface area (Å²) in [6.45, 7) is 3.06. The minimum absolute atomic E-state index is 0.300. The van der Waals surface area contributed by atoms with Crippen molar-refractivity contribution in [1.29, 1.82) is 0 Å². The maximum absolute atomic E-state index is 11.6. The third-order valence-corrected chi connectivity index (χ3v) is 3.33. The van der Waals surface area contributed by atoms with E-state index in [2.05, 4.69) is 0 Å². The number of rotatable bonds is 5. The zero-order valence-electron chi connectivity index (χ0n) is 12.1. The molecule has 2 rings (SSSR count). The van der Waals surface area contributed by atoms with Crippen LogP contribution in [0.3, 0.4) is 0 Å². The number of hydrogen-bond acceptors (Lipinski definition) is 5. The lowest BCUT2D eigenvalue weighted by Crippen LogP contribution is -2.23. The van der Waals surface area contributed by atoms with Gasteiger partial charge in [0.25, 0.3) is 0 Å². The van der Waals surface area contributed by atoms with Gasteiger partial charge in [0.1, 0.15) is 6.10 Å². The van der Waals surface area contributed by atoms with E-state index in [0.717, 1.165) is 5.56 Å². The van der Waals surface area contributed by atoms with E-state index < -0.39 is 0 Å². The summed E-state index contributed by atoms with van der Waals surface area (Å²) < 4.78 is 21.2. The highest BCUT2D eigenvalue weighted by molar-refractivity contribution is 5.70. The van der Waals surface area contributed by atoms with Gasteiger partial charge < -0.3 is 23.8 Å². The lowest BCUT2D eigenvalue weighted by Gasteiger charge is -2.16. The second-order valence-electron chi connectivity index (χ2n) is 4.37. The Morgan fingerprint density at radius 3 is 2.20 bits per heavy atom. The van der Waals surface area contributed by atoms with Gasteiger partial charge in [0.2, 0.25) is 5.75 Å². The molecular weight excluding hydrogens is 262 g/mol. The molecule has 1 fully saturated rings. The maximum atomic E-state index is 11.6. The Morgan fingerprint density at radius 2 is 1.80 bits per heavy atom. The Morgan fingerprint density at radius 1 is 1.20 bits per heavy atom. The van der Waals surface area contributed by atoms with E-state index in [1.165, 1.54) is 0 Å². The first-order chi connectivity index (χ1) is 9.64. The fraction of sp³-hybridized carbons (Fsp3) is 0.500. The van der Waals surface area contributed by atoms with Crippen LogP contribution in [0.25, 0.3) is 0 Å². The molecule has 0 saturated carbocycles. The average Bonchev–Trinajstić information content (AvgIpc) is 2.86. The lowest BCUT2D eigenvalue weighted by molar-refractivity contribution is 0.133. The number of nitrogens with zero attached hydrogens (tertiary/aromatic N) is 1. The van der Waals surface area contributed by atoms with Gasteiger partial charge in [-0.25, -0.2) is 4.79 Å². The minimum atomic E-state index is -0.323. The van der Waals surface area contributed by atoms with Crippen molar-refractivity contribution in [1.82, 2.24) is 4.90 Å². The van der Waals surface area contributed by atoms with Crippen molar-refractivity contribution in [2.45, 2.75) is 13.0 Å². The van der Waals surface area contributed by atoms with Crippen molar-refractivity contribution in [3.8, 4) is 17.2 Å². The normalized spacial score (nSPS) is 17.9. The van der Waals surface area contributed by atoms with Crippen LogP contribution in [-0.2, 0) is 4.74 Å². The van der Waals surface area contributed by atoms with Crippen molar-refractivity contribution in [3.63, 3.8) is 0 Å². The van der Waals surface area contributed by atoms with E-state index in [1.54, 1.807) is 38.4 Å². The molecule has 6 heteroatoms. The molecule has 1 atom stereocenters. The molecule has 0 spiro atoms. The topological polar surface area (TPSA) is 57.2 Å². The Kier molecular flexibility index (Phi) is 4.22. The highest BCUT2D eigenvalue weighted by atomic mass is 16.6. The summed E-state index contributed by atoms with van der Waals surface area (Å²) in [6.07, 6.45) is -0.623. The van der Waals surface area contributed by atoms with Crippen LogP contribution in [0.1, 0.15) is 18.6 Å². The van der Waals surface area contributed by atoms with E-state index >= 15 is 0 Å².